The van der Waals surface area contributed by atoms with Gasteiger partial charge in [-0.15, -0.1) is 0 Å². The van der Waals surface area contributed by atoms with E-state index in [0.717, 1.165) is 12.0 Å². The summed E-state index contributed by atoms with van der Waals surface area (Å²) in [4.78, 5) is 29.3. The fourth-order valence-electron chi connectivity index (χ4n) is 4.10. The Morgan fingerprint density at radius 3 is 2.10 bits per heavy atom. The van der Waals surface area contributed by atoms with Crippen molar-refractivity contribution in [2.45, 2.75) is 39.2 Å². The molecule has 2 aromatic rings. The van der Waals surface area contributed by atoms with E-state index >= 15 is 0 Å². The van der Waals surface area contributed by atoms with Gasteiger partial charge in [0.15, 0.2) is 0 Å². The molecule has 1 heterocycles. The van der Waals surface area contributed by atoms with Gasteiger partial charge in [0.05, 0.1) is 6.04 Å². The van der Waals surface area contributed by atoms with E-state index in [0.29, 0.717) is 39.0 Å². The number of carbonyl (C=O) groups is 2. The van der Waals surface area contributed by atoms with Gasteiger partial charge in [-0.3, -0.25) is 4.79 Å². The predicted octanol–water partition coefficient (Wildman–Crippen LogP) is 4.26. The van der Waals surface area contributed by atoms with Gasteiger partial charge in [0.25, 0.3) is 0 Å². The first-order valence-electron chi connectivity index (χ1n) is 11.1. The Morgan fingerprint density at radius 2 is 1.53 bits per heavy atom. The van der Waals surface area contributed by atoms with E-state index in [2.05, 4.69) is 29.6 Å². The Bertz CT molecular complexity index is 798. The number of urea groups is 1. The van der Waals surface area contributed by atoms with Crippen molar-refractivity contribution >= 4 is 11.9 Å². The van der Waals surface area contributed by atoms with E-state index in [1.807, 2.05) is 60.0 Å². The number of carbonyl (C=O) groups excluding carboxylic acids is 2. The number of nitrogens with one attached hydrogen (secondary N) is 1. The van der Waals surface area contributed by atoms with Gasteiger partial charge in [-0.05, 0) is 44.2 Å². The van der Waals surface area contributed by atoms with Crippen LogP contribution in [0.4, 0.5) is 4.79 Å². The number of nitrogens with zero attached hydrogens (tertiary/aromatic N) is 2. The average molecular weight is 408 g/mol. The second-order valence-electron chi connectivity index (χ2n) is 7.88. The number of likely N-dealkylation sites (tertiary alicyclic amines) is 1. The second kappa shape index (κ2) is 10.8. The zero-order valence-corrected chi connectivity index (χ0v) is 18.1. The van der Waals surface area contributed by atoms with Crippen molar-refractivity contribution < 1.29 is 9.59 Å². The van der Waals surface area contributed by atoms with Gasteiger partial charge in [0, 0.05) is 32.1 Å². The average Bonchev–Trinajstić information content (AvgIpc) is 2.80. The molecule has 0 radical (unpaired) electrons. The lowest BCUT2D eigenvalue weighted by atomic mass is 9.93. The largest absolute Gasteiger partial charge is 0.349 e. The highest BCUT2D eigenvalue weighted by Crippen LogP contribution is 2.23. The minimum atomic E-state index is -0.0589. The van der Waals surface area contributed by atoms with Crippen LogP contribution in [0.15, 0.2) is 60.7 Å². The molecular formula is C25H33N3O2. The number of hydrogen-bond acceptors (Lipinski definition) is 2. The Labute approximate surface area is 180 Å². The quantitative estimate of drug-likeness (QED) is 0.746. The molecule has 1 atom stereocenters. The maximum absolute atomic E-state index is 13.1. The highest BCUT2D eigenvalue weighted by molar-refractivity contribution is 5.80. The summed E-state index contributed by atoms with van der Waals surface area (Å²) in [6.45, 7) is 6.71. The van der Waals surface area contributed by atoms with Gasteiger partial charge < -0.3 is 15.1 Å². The van der Waals surface area contributed by atoms with Crippen LogP contribution in [0.25, 0.3) is 0 Å². The van der Waals surface area contributed by atoms with Crippen LogP contribution in [0.2, 0.25) is 0 Å². The Hall–Kier alpha value is -2.82. The molecule has 1 aliphatic rings. The maximum Gasteiger partial charge on any atom is 0.319 e. The molecule has 1 fully saturated rings. The summed E-state index contributed by atoms with van der Waals surface area (Å²) >= 11 is 0. The summed E-state index contributed by atoms with van der Waals surface area (Å²) in [6, 6.07) is 20.4. The summed E-state index contributed by atoms with van der Waals surface area (Å²) in [6.07, 6.45) is 2.19. The van der Waals surface area contributed by atoms with Crippen molar-refractivity contribution in [1.82, 2.24) is 15.1 Å². The first-order chi connectivity index (χ1) is 14.6. The van der Waals surface area contributed by atoms with E-state index < -0.39 is 0 Å². The molecule has 160 valence electrons. The molecule has 1 aliphatic heterocycles. The third-order valence-electron chi connectivity index (χ3n) is 5.97. The standard InChI is InChI=1S/C25H33N3O2/c1-3-27(4-2)25(30)28-17-15-22(16-18-28)24(29)26-23(21-13-9-6-10-14-21)19-20-11-7-5-8-12-20/h5-14,22-23H,3-4,15-19H2,1-2H3,(H,26,29). The van der Waals surface area contributed by atoms with Crippen LogP contribution in [0, 0.1) is 5.92 Å². The number of piperidine rings is 1. The summed E-state index contributed by atoms with van der Waals surface area (Å²) in [5.41, 5.74) is 2.31. The molecule has 1 N–H and O–H groups in total. The molecule has 1 unspecified atom stereocenters. The smallest absolute Gasteiger partial charge is 0.319 e. The molecule has 0 aromatic heterocycles. The Morgan fingerprint density at radius 1 is 0.967 bits per heavy atom. The van der Waals surface area contributed by atoms with E-state index in [1.165, 1.54) is 5.56 Å². The van der Waals surface area contributed by atoms with Crippen LogP contribution in [-0.2, 0) is 11.2 Å². The Balaban J connectivity index is 1.62. The normalized spacial score (nSPS) is 15.5. The van der Waals surface area contributed by atoms with Crippen molar-refractivity contribution in [3.05, 3.63) is 71.8 Å². The van der Waals surface area contributed by atoms with Crippen LogP contribution >= 0.6 is 0 Å². The molecule has 1 saturated heterocycles. The lowest BCUT2D eigenvalue weighted by molar-refractivity contribution is -0.127. The van der Waals surface area contributed by atoms with Gasteiger partial charge in [0.1, 0.15) is 0 Å². The number of amides is 3. The third kappa shape index (κ3) is 5.62. The summed E-state index contributed by atoms with van der Waals surface area (Å²) in [5.74, 6) is 0.0439. The van der Waals surface area contributed by atoms with Crippen molar-refractivity contribution in [2.24, 2.45) is 5.92 Å². The molecule has 0 bridgehead atoms. The third-order valence-corrected chi connectivity index (χ3v) is 5.97. The van der Waals surface area contributed by atoms with Gasteiger partial charge >= 0.3 is 6.03 Å². The SMILES string of the molecule is CCN(CC)C(=O)N1CCC(C(=O)NC(Cc2ccccc2)c2ccccc2)CC1. The molecule has 5 heteroatoms. The lowest BCUT2D eigenvalue weighted by Crippen LogP contribution is -2.48. The molecule has 0 spiro atoms. The van der Waals surface area contributed by atoms with E-state index in [4.69, 9.17) is 0 Å². The maximum atomic E-state index is 13.1. The van der Waals surface area contributed by atoms with Crippen molar-refractivity contribution in [1.29, 1.82) is 0 Å². The predicted molar refractivity (Wildman–Crippen MR) is 120 cm³/mol. The monoisotopic (exact) mass is 407 g/mol. The topological polar surface area (TPSA) is 52.7 Å². The summed E-state index contributed by atoms with van der Waals surface area (Å²) < 4.78 is 0. The van der Waals surface area contributed by atoms with Crippen LogP contribution in [-0.4, -0.2) is 47.9 Å². The highest BCUT2D eigenvalue weighted by Gasteiger charge is 2.30. The molecule has 3 rings (SSSR count). The van der Waals surface area contributed by atoms with Crippen LogP contribution in [0.1, 0.15) is 43.9 Å². The summed E-state index contributed by atoms with van der Waals surface area (Å²) in [5, 5.41) is 3.29. The lowest BCUT2D eigenvalue weighted by Gasteiger charge is -2.35. The van der Waals surface area contributed by atoms with Crippen molar-refractivity contribution in [2.75, 3.05) is 26.2 Å². The zero-order valence-electron chi connectivity index (χ0n) is 18.1. The van der Waals surface area contributed by atoms with Crippen LogP contribution in [0.5, 0.6) is 0 Å². The zero-order chi connectivity index (χ0) is 21.3. The molecule has 30 heavy (non-hydrogen) atoms. The van der Waals surface area contributed by atoms with Gasteiger partial charge in [-0.2, -0.15) is 0 Å². The molecule has 3 amide bonds. The van der Waals surface area contributed by atoms with E-state index in [1.54, 1.807) is 0 Å². The second-order valence-corrected chi connectivity index (χ2v) is 7.88. The molecule has 0 saturated carbocycles. The fraction of sp³-hybridized carbons (Fsp3) is 0.440. The number of hydrogen-bond donors (Lipinski definition) is 1. The number of rotatable bonds is 7. The molecular weight excluding hydrogens is 374 g/mol. The van der Waals surface area contributed by atoms with Gasteiger partial charge in [-0.25, -0.2) is 4.79 Å². The molecule has 5 nitrogen and oxygen atoms in total. The van der Waals surface area contributed by atoms with Gasteiger partial charge in [-0.1, -0.05) is 60.7 Å². The van der Waals surface area contributed by atoms with Crippen molar-refractivity contribution in [3.8, 4) is 0 Å². The summed E-state index contributed by atoms with van der Waals surface area (Å²) in [7, 11) is 0. The first kappa shape index (κ1) is 21.9. The van der Waals surface area contributed by atoms with Crippen LogP contribution < -0.4 is 5.32 Å². The van der Waals surface area contributed by atoms with E-state index in [-0.39, 0.29) is 23.9 Å². The molecule has 2 aromatic carbocycles. The van der Waals surface area contributed by atoms with Gasteiger partial charge in [0.2, 0.25) is 5.91 Å². The van der Waals surface area contributed by atoms with Crippen LogP contribution in [0.3, 0.4) is 0 Å². The fourth-order valence-corrected chi connectivity index (χ4v) is 4.10. The first-order valence-corrected chi connectivity index (χ1v) is 11.1. The van der Waals surface area contributed by atoms with Crippen molar-refractivity contribution in [3.63, 3.8) is 0 Å². The minimum Gasteiger partial charge on any atom is -0.349 e. The molecule has 0 aliphatic carbocycles. The Kier molecular flexibility index (Phi) is 7.89. The highest BCUT2D eigenvalue weighted by atomic mass is 16.2. The number of benzene rings is 2. The van der Waals surface area contributed by atoms with E-state index in [9.17, 15) is 9.59 Å². The minimum absolute atomic E-state index is 0.0484.